The standard InChI is InChI=1S/C6H7NO2S/c8-6(7-9)4-5-2-1-3-10-5/h1-3,9H,4H2,(H,7,8). The largest absolute Gasteiger partial charge is 0.289 e. The molecule has 0 spiro atoms. The van der Waals surface area contributed by atoms with Gasteiger partial charge in [0.15, 0.2) is 0 Å². The third-order valence-electron chi connectivity index (χ3n) is 1.04. The summed E-state index contributed by atoms with van der Waals surface area (Å²) in [5.41, 5.74) is 1.57. The van der Waals surface area contributed by atoms with Gasteiger partial charge in [-0.2, -0.15) is 0 Å². The zero-order valence-corrected chi connectivity index (χ0v) is 6.02. The summed E-state index contributed by atoms with van der Waals surface area (Å²) >= 11 is 1.49. The van der Waals surface area contributed by atoms with Gasteiger partial charge in [-0.3, -0.25) is 10.0 Å². The van der Waals surface area contributed by atoms with Crippen molar-refractivity contribution in [2.75, 3.05) is 0 Å². The van der Waals surface area contributed by atoms with Crippen LogP contribution in [0.1, 0.15) is 4.88 Å². The molecule has 1 amide bonds. The fraction of sp³-hybridized carbons (Fsp3) is 0.167. The highest BCUT2D eigenvalue weighted by Crippen LogP contribution is 2.08. The topological polar surface area (TPSA) is 49.3 Å². The van der Waals surface area contributed by atoms with Crippen LogP contribution in [-0.2, 0) is 11.2 Å². The van der Waals surface area contributed by atoms with Crippen molar-refractivity contribution in [3.8, 4) is 0 Å². The molecular weight excluding hydrogens is 150 g/mol. The van der Waals surface area contributed by atoms with Gasteiger partial charge in [-0.25, -0.2) is 5.48 Å². The van der Waals surface area contributed by atoms with Crippen molar-refractivity contribution < 1.29 is 10.0 Å². The van der Waals surface area contributed by atoms with E-state index < -0.39 is 0 Å². The van der Waals surface area contributed by atoms with E-state index in [-0.39, 0.29) is 12.3 Å². The SMILES string of the molecule is O=C(Cc1cccs1)NO. The molecule has 1 aromatic rings. The number of amides is 1. The van der Waals surface area contributed by atoms with E-state index in [9.17, 15) is 4.79 Å². The molecule has 0 aliphatic carbocycles. The number of hydrogen-bond donors (Lipinski definition) is 2. The van der Waals surface area contributed by atoms with Crippen LogP contribution < -0.4 is 5.48 Å². The second kappa shape index (κ2) is 3.34. The summed E-state index contributed by atoms with van der Waals surface area (Å²) in [4.78, 5) is 11.5. The maximum atomic E-state index is 10.5. The first-order valence-corrected chi connectivity index (χ1v) is 3.66. The summed E-state index contributed by atoms with van der Waals surface area (Å²) < 4.78 is 0. The molecule has 1 heterocycles. The van der Waals surface area contributed by atoms with Crippen LogP contribution in [0.4, 0.5) is 0 Å². The van der Waals surface area contributed by atoms with Gasteiger partial charge < -0.3 is 0 Å². The monoisotopic (exact) mass is 157 g/mol. The van der Waals surface area contributed by atoms with Gasteiger partial charge in [-0.15, -0.1) is 11.3 Å². The highest BCUT2D eigenvalue weighted by atomic mass is 32.1. The number of rotatable bonds is 2. The number of carbonyl (C=O) groups excluding carboxylic acids is 1. The summed E-state index contributed by atoms with van der Waals surface area (Å²) in [7, 11) is 0. The number of nitrogens with one attached hydrogen (secondary N) is 1. The maximum Gasteiger partial charge on any atom is 0.248 e. The molecular formula is C6H7NO2S. The van der Waals surface area contributed by atoms with Crippen molar-refractivity contribution in [2.45, 2.75) is 6.42 Å². The highest BCUT2D eigenvalue weighted by molar-refractivity contribution is 7.10. The van der Waals surface area contributed by atoms with Gasteiger partial charge in [-0.05, 0) is 11.4 Å². The van der Waals surface area contributed by atoms with E-state index >= 15 is 0 Å². The predicted molar refractivity (Wildman–Crippen MR) is 38.0 cm³/mol. The van der Waals surface area contributed by atoms with Crippen molar-refractivity contribution in [2.24, 2.45) is 0 Å². The minimum atomic E-state index is -0.373. The van der Waals surface area contributed by atoms with Crippen LogP contribution in [0.3, 0.4) is 0 Å². The molecule has 0 saturated carbocycles. The minimum absolute atomic E-state index is 0.258. The first-order chi connectivity index (χ1) is 4.83. The first kappa shape index (κ1) is 7.24. The van der Waals surface area contributed by atoms with Crippen molar-refractivity contribution in [3.05, 3.63) is 22.4 Å². The molecule has 2 N–H and O–H groups in total. The van der Waals surface area contributed by atoms with E-state index in [4.69, 9.17) is 5.21 Å². The molecule has 0 fully saturated rings. The lowest BCUT2D eigenvalue weighted by atomic mass is 10.3. The van der Waals surface area contributed by atoms with E-state index in [1.165, 1.54) is 11.3 Å². The zero-order valence-electron chi connectivity index (χ0n) is 5.20. The average Bonchev–Trinajstić information content (AvgIpc) is 2.40. The zero-order chi connectivity index (χ0) is 7.40. The molecule has 0 aliphatic heterocycles. The Labute approximate surface area is 62.3 Å². The average molecular weight is 157 g/mol. The van der Waals surface area contributed by atoms with Crippen LogP contribution in [-0.4, -0.2) is 11.1 Å². The Morgan fingerprint density at radius 1 is 1.80 bits per heavy atom. The fourth-order valence-corrected chi connectivity index (χ4v) is 1.31. The van der Waals surface area contributed by atoms with Crippen molar-refractivity contribution in [1.82, 2.24) is 5.48 Å². The lowest BCUT2D eigenvalue weighted by Gasteiger charge is -1.92. The molecule has 1 rings (SSSR count). The second-order valence-corrected chi connectivity index (χ2v) is 2.82. The van der Waals surface area contributed by atoms with E-state index in [1.807, 2.05) is 17.5 Å². The van der Waals surface area contributed by atoms with Crippen LogP contribution in [0.15, 0.2) is 17.5 Å². The van der Waals surface area contributed by atoms with Gasteiger partial charge in [0.05, 0.1) is 6.42 Å². The Bertz CT molecular complexity index is 208. The van der Waals surface area contributed by atoms with Crippen molar-refractivity contribution in [1.29, 1.82) is 0 Å². The number of carbonyl (C=O) groups is 1. The first-order valence-electron chi connectivity index (χ1n) is 2.78. The molecule has 0 unspecified atom stereocenters. The molecule has 3 nitrogen and oxygen atoms in total. The lowest BCUT2D eigenvalue weighted by Crippen LogP contribution is -2.20. The number of hydroxylamine groups is 1. The van der Waals surface area contributed by atoms with Crippen molar-refractivity contribution in [3.63, 3.8) is 0 Å². The predicted octanol–water partition coefficient (Wildman–Crippen LogP) is 0.796. The fourth-order valence-electron chi connectivity index (χ4n) is 0.611. The van der Waals surface area contributed by atoms with E-state index in [0.29, 0.717) is 0 Å². The smallest absolute Gasteiger partial charge is 0.248 e. The Balaban J connectivity index is 2.48. The van der Waals surface area contributed by atoms with Crippen LogP contribution in [0.25, 0.3) is 0 Å². The summed E-state index contributed by atoms with van der Waals surface area (Å²) in [5.74, 6) is -0.373. The quantitative estimate of drug-likeness (QED) is 0.492. The molecule has 4 heteroatoms. The van der Waals surface area contributed by atoms with Gasteiger partial charge in [0.25, 0.3) is 0 Å². The Morgan fingerprint density at radius 2 is 2.60 bits per heavy atom. The van der Waals surface area contributed by atoms with Gasteiger partial charge in [0, 0.05) is 4.88 Å². The highest BCUT2D eigenvalue weighted by Gasteiger charge is 2.00. The summed E-state index contributed by atoms with van der Waals surface area (Å²) in [6, 6.07) is 3.71. The Hall–Kier alpha value is -0.870. The van der Waals surface area contributed by atoms with E-state index in [1.54, 1.807) is 5.48 Å². The summed E-state index contributed by atoms with van der Waals surface area (Å²) in [5, 5.41) is 10.0. The van der Waals surface area contributed by atoms with E-state index in [0.717, 1.165) is 4.88 Å². The molecule has 0 aromatic carbocycles. The summed E-state index contributed by atoms with van der Waals surface area (Å²) in [6.07, 6.45) is 0.258. The number of thiophene rings is 1. The third kappa shape index (κ3) is 1.82. The molecule has 0 bridgehead atoms. The van der Waals surface area contributed by atoms with Crippen LogP contribution >= 0.6 is 11.3 Å². The van der Waals surface area contributed by atoms with Gasteiger partial charge in [-0.1, -0.05) is 6.07 Å². The summed E-state index contributed by atoms with van der Waals surface area (Å²) in [6.45, 7) is 0. The molecule has 0 radical (unpaired) electrons. The van der Waals surface area contributed by atoms with Gasteiger partial charge >= 0.3 is 0 Å². The number of hydrogen-bond acceptors (Lipinski definition) is 3. The Kier molecular flexibility index (Phi) is 2.42. The third-order valence-corrected chi connectivity index (χ3v) is 1.92. The van der Waals surface area contributed by atoms with Crippen molar-refractivity contribution >= 4 is 17.2 Å². The minimum Gasteiger partial charge on any atom is -0.289 e. The normalized spacial score (nSPS) is 9.30. The molecule has 54 valence electrons. The van der Waals surface area contributed by atoms with Crippen LogP contribution in [0, 0.1) is 0 Å². The Morgan fingerprint density at radius 3 is 3.10 bits per heavy atom. The molecule has 0 aliphatic rings. The molecule has 1 aromatic heterocycles. The van der Waals surface area contributed by atoms with Gasteiger partial charge in [0.2, 0.25) is 5.91 Å². The van der Waals surface area contributed by atoms with E-state index in [2.05, 4.69) is 0 Å². The maximum absolute atomic E-state index is 10.5. The second-order valence-electron chi connectivity index (χ2n) is 1.79. The van der Waals surface area contributed by atoms with Crippen LogP contribution in [0.5, 0.6) is 0 Å². The van der Waals surface area contributed by atoms with Gasteiger partial charge in [0.1, 0.15) is 0 Å². The molecule has 0 saturated heterocycles. The van der Waals surface area contributed by atoms with Crippen LogP contribution in [0.2, 0.25) is 0 Å². The molecule has 10 heavy (non-hydrogen) atoms. The molecule has 0 atom stereocenters. The lowest BCUT2D eigenvalue weighted by molar-refractivity contribution is -0.128.